The predicted molar refractivity (Wildman–Crippen MR) is 83.5 cm³/mol. The first-order chi connectivity index (χ1) is 10.1. The molecule has 0 unspecified atom stereocenters. The monoisotopic (exact) mass is 349 g/mol. The van der Waals surface area contributed by atoms with Crippen LogP contribution in [0.3, 0.4) is 0 Å². The van der Waals surface area contributed by atoms with Crippen molar-refractivity contribution in [1.29, 1.82) is 0 Å². The first-order valence-corrected chi connectivity index (χ1v) is 7.45. The van der Waals surface area contributed by atoms with E-state index in [0.29, 0.717) is 18.0 Å². The van der Waals surface area contributed by atoms with Crippen LogP contribution in [0.2, 0.25) is 0 Å². The van der Waals surface area contributed by atoms with Crippen molar-refractivity contribution in [3.8, 4) is 17.2 Å². The Morgan fingerprint density at radius 1 is 1.10 bits per heavy atom. The Hall–Kier alpha value is -1.72. The Morgan fingerprint density at radius 3 is 2.48 bits per heavy atom. The van der Waals surface area contributed by atoms with Crippen LogP contribution in [-0.2, 0) is 13.1 Å². The minimum absolute atomic E-state index is 0.215. The van der Waals surface area contributed by atoms with E-state index >= 15 is 0 Å². The number of hydrogen-bond acceptors (Lipinski definition) is 4. The summed E-state index contributed by atoms with van der Waals surface area (Å²) in [6.45, 7) is 1.66. The minimum Gasteiger partial charge on any atom is -0.507 e. The fourth-order valence-corrected chi connectivity index (χ4v) is 2.61. The first kappa shape index (κ1) is 14.2. The van der Waals surface area contributed by atoms with Crippen LogP contribution in [0.25, 0.3) is 0 Å². The number of phenolic OH excluding ortho intramolecular Hbond substituents is 1. The number of benzene rings is 2. The van der Waals surface area contributed by atoms with Crippen molar-refractivity contribution in [2.75, 3.05) is 13.8 Å². The van der Waals surface area contributed by atoms with Gasteiger partial charge < -0.3 is 14.6 Å². The van der Waals surface area contributed by atoms with E-state index in [1.54, 1.807) is 6.07 Å². The molecule has 0 saturated heterocycles. The van der Waals surface area contributed by atoms with Gasteiger partial charge in [0.15, 0.2) is 11.5 Å². The van der Waals surface area contributed by atoms with Gasteiger partial charge in [-0.15, -0.1) is 0 Å². The van der Waals surface area contributed by atoms with E-state index in [1.807, 2.05) is 25.2 Å². The number of nitrogens with zero attached hydrogens (tertiary/aromatic N) is 1. The second-order valence-electron chi connectivity index (χ2n) is 5.13. The molecule has 1 heterocycles. The van der Waals surface area contributed by atoms with Crippen molar-refractivity contribution in [2.45, 2.75) is 13.1 Å². The zero-order valence-electron chi connectivity index (χ0n) is 11.7. The van der Waals surface area contributed by atoms with E-state index in [4.69, 9.17) is 9.47 Å². The molecular formula is C16H16BrNO3. The summed E-state index contributed by atoms with van der Waals surface area (Å²) in [6, 6.07) is 11.7. The number of hydrogen-bond donors (Lipinski definition) is 1. The summed E-state index contributed by atoms with van der Waals surface area (Å²) in [5.74, 6) is 1.54. The smallest absolute Gasteiger partial charge is 0.231 e. The Kier molecular flexibility index (Phi) is 4.03. The average molecular weight is 350 g/mol. The van der Waals surface area contributed by atoms with E-state index < -0.39 is 0 Å². The zero-order chi connectivity index (χ0) is 14.8. The highest BCUT2D eigenvalue weighted by Gasteiger charge is 2.17. The third kappa shape index (κ3) is 3.31. The van der Waals surface area contributed by atoms with Crippen LogP contribution in [0, 0.1) is 0 Å². The second kappa shape index (κ2) is 5.95. The van der Waals surface area contributed by atoms with Gasteiger partial charge in [0, 0.05) is 29.2 Å². The number of rotatable bonds is 4. The lowest BCUT2D eigenvalue weighted by Gasteiger charge is -2.18. The number of ether oxygens (including phenoxy) is 2. The molecule has 0 fully saturated rings. The molecule has 0 bridgehead atoms. The lowest BCUT2D eigenvalue weighted by Crippen LogP contribution is -2.17. The van der Waals surface area contributed by atoms with Gasteiger partial charge in [0.2, 0.25) is 6.79 Å². The number of fused-ring (bicyclic) bond motifs is 1. The molecule has 0 aliphatic carbocycles. The molecule has 1 N–H and O–H groups in total. The van der Waals surface area contributed by atoms with Crippen LogP contribution >= 0.6 is 15.9 Å². The molecule has 5 heteroatoms. The molecule has 1 aliphatic heterocycles. The molecule has 2 aromatic rings. The van der Waals surface area contributed by atoms with Gasteiger partial charge >= 0.3 is 0 Å². The predicted octanol–water partition coefficient (Wildman–Crippen LogP) is 3.52. The van der Waals surface area contributed by atoms with E-state index in [-0.39, 0.29) is 12.5 Å². The van der Waals surface area contributed by atoms with E-state index in [1.165, 1.54) is 5.56 Å². The normalized spacial score (nSPS) is 12.9. The molecule has 3 rings (SSSR count). The van der Waals surface area contributed by atoms with Crippen LogP contribution in [0.15, 0.2) is 40.9 Å². The fourth-order valence-electron chi connectivity index (χ4n) is 2.35. The van der Waals surface area contributed by atoms with Crippen LogP contribution in [-0.4, -0.2) is 23.8 Å². The van der Waals surface area contributed by atoms with Crippen molar-refractivity contribution in [3.63, 3.8) is 0 Å². The van der Waals surface area contributed by atoms with Crippen molar-refractivity contribution < 1.29 is 14.6 Å². The third-order valence-electron chi connectivity index (χ3n) is 3.38. The summed E-state index contributed by atoms with van der Waals surface area (Å²) >= 11 is 3.43. The summed E-state index contributed by atoms with van der Waals surface area (Å²) in [7, 11) is 2.02. The molecule has 0 spiro atoms. The number of halogens is 1. The number of phenols is 1. The van der Waals surface area contributed by atoms with Crippen molar-refractivity contribution in [3.05, 3.63) is 52.0 Å². The van der Waals surface area contributed by atoms with Crippen LogP contribution in [0.1, 0.15) is 11.1 Å². The van der Waals surface area contributed by atoms with Crippen molar-refractivity contribution >= 4 is 15.9 Å². The Morgan fingerprint density at radius 2 is 1.76 bits per heavy atom. The molecule has 0 radical (unpaired) electrons. The summed E-state index contributed by atoms with van der Waals surface area (Å²) in [5, 5.41) is 10.1. The second-order valence-corrected chi connectivity index (χ2v) is 6.05. The summed E-state index contributed by atoms with van der Waals surface area (Å²) in [6.07, 6.45) is 0. The molecule has 2 aromatic carbocycles. The summed E-state index contributed by atoms with van der Waals surface area (Å²) in [4.78, 5) is 2.14. The van der Waals surface area contributed by atoms with Crippen molar-refractivity contribution in [1.82, 2.24) is 4.90 Å². The molecule has 0 saturated carbocycles. The molecule has 110 valence electrons. The molecule has 21 heavy (non-hydrogen) atoms. The topological polar surface area (TPSA) is 41.9 Å². The lowest BCUT2D eigenvalue weighted by atomic mass is 10.1. The van der Waals surface area contributed by atoms with E-state index in [9.17, 15) is 5.11 Å². The maximum Gasteiger partial charge on any atom is 0.231 e. The summed E-state index contributed by atoms with van der Waals surface area (Å²) < 4.78 is 11.7. The minimum atomic E-state index is 0.215. The van der Waals surface area contributed by atoms with Gasteiger partial charge in [-0.2, -0.15) is 0 Å². The highest BCUT2D eigenvalue weighted by atomic mass is 79.9. The van der Waals surface area contributed by atoms with Gasteiger partial charge in [-0.3, -0.25) is 4.90 Å². The van der Waals surface area contributed by atoms with E-state index in [2.05, 4.69) is 33.0 Å². The van der Waals surface area contributed by atoms with Crippen LogP contribution in [0.4, 0.5) is 0 Å². The molecular weight excluding hydrogens is 334 g/mol. The third-order valence-corrected chi connectivity index (χ3v) is 3.91. The van der Waals surface area contributed by atoms with Gasteiger partial charge in [0.05, 0.1) is 0 Å². The van der Waals surface area contributed by atoms with Gasteiger partial charge in [0.1, 0.15) is 5.75 Å². The quantitative estimate of drug-likeness (QED) is 0.916. The highest BCUT2D eigenvalue weighted by Crippen LogP contribution is 2.38. The summed E-state index contributed by atoms with van der Waals surface area (Å²) in [5.41, 5.74) is 2.06. The van der Waals surface area contributed by atoms with Crippen LogP contribution < -0.4 is 9.47 Å². The Labute approximate surface area is 132 Å². The highest BCUT2D eigenvalue weighted by molar-refractivity contribution is 9.10. The van der Waals surface area contributed by atoms with Crippen molar-refractivity contribution in [2.24, 2.45) is 0 Å². The molecule has 0 aromatic heterocycles. The lowest BCUT2D eigenvalue weighted by molar-refractivity contribution is 0.174. The average Bonchev–Trinajstić information content (AvgIpc) is 2.89. The Balaban J connectivity index is 1.70. The molecule has 4 nitrogen and oxygen atoms in total. The van der Waals surface area contributed by atoms with Gasteiger partial charge in [-0.05, 0) is 30.8 Å². The Bertz CT molecular complexity index is 643. The van der Waals surface area contributed by atoms with Gasteiger partial charge in [-0.25, -0.2) is 0 Å². The van der Waals surface area contributed by atoms with Gasteiger partial charge in [0.25, 0.3) is 0 Å². The maximum atomic E-state index is 10.1. The molecule has 0 atom stereocenters. The van der Waals surface area contributed by atoms with Gasteiger partial charge in [-0.1, -0.05) is 28.1 Å². The van der Waals surface area contributed by atoms with Crippen LogP contribution in [0.5, 0.6) is 17.2 Å². The largest absolute Gasteiger partial charge is 0.507 e. The SMILES string of the molecule is CN(Cc1ccc(Br)cc1)Cc1cc2c(cc1O)OCO2. The first-order valence-electron chi connectivity index (χ1n) is 6.66. The van der Waals surface area contributed by atoms with E-state index in [0.717, 1.165) is 16.6 Å². The fraction of sp³-hybridized carbons (Fsp3) is 0.250. The molecule has 0 amide bonds. The number of aromatic hydroxyl groups is 1. The maximum absolute atomic E-state index is 10.1. The standard InChI is InChI=1S/C16H16BrNO3/c1-18(8-11-2-4-13(17)5-3-11)9-12-6-15-16(7-14(12)19)21-10-20-15/h2-7,19H,8-10H2,1H3. The molecule has 1 aliphatic rings. The zero-order valence-corrected chi connectivity index (χ0v) is 13.3.